The Labute approximate surface area is 211 Å². The maximum absolute atomic E-state index is 14.9. The molecule has 2 saturated heterocycles. The van der Waals surface area contributed by atoms with Crippen molar-refractivity contribution in [2.75, 3.05) is 32.8 Å². The summed E-state index contributed by atoms with van der Waals surface area (Å²) in [5, 5.41) is 0. The molecule has 0 bridgehead atoms. The van der Waals surface area contributed by atoms with Crippen LogP contribution in [-0.4, -0.2) is 66.1 Å². The molecule has 0 saturated carbocycles. The Kier molecular flexibility index (Phi) is 7.93. The van der Waals surface area contributed by atoms with Gasteiger partial charge in [-0.2, -0.15) is 0 Å². The van der Waals surface area contributed by atoms with Crippen LogP contribution in [0.15, 0.2) is 42.5 Å². The van der Waals surface area contributed by atoms with Gasteiger partial charge in [0, 0.05) is 13.1 Å². The van der Waals surface area contributed by atoms with Crippen LogP contribution in [0.1, 0.15) is 49.9 Å². The van der Waals surface area contributed by atoms with E-state index in [1.165, 1.54) is 17.0 Å². The number of benzene rings is 2. The Hall–Kier alpha value is -3.00. The summed E-state index contributed by atoms with van der Waals surface area (Å²) in [6.45, 7) is 6.46. The molecule has 0 spiro atoms. The molecule has 2 heterocycles. The highest BCUT2D eigenvalue weighted by atomic mass is 19.1. The molecule has 2 amide bonds. The van der Waals surface area contributed by atoms with Gasteiger partial charge in [-0.05, 0) is 93.9 Å². The van der Waals surface area contributed by atoms with Crippen molar-refractivity contribution in [1.82, 2.24) is 9.80 Å². The number of alkyl halides is 1. The summed E-state index contributed by atoms with van der Waals surface area (Å²) in [7, 11) is 0. The molecule has 2 aliphatic rings. The molecule has 0 aliphatic carbocycles. The van der Waals surface area contributed by atoms with Crippen LogP contribution in [0.4, 0.5) is 8.78 Å². The van der Waals surface area contributed by atoms with Gasteiger partial charge in [-0.3, -0.25) is 9.59 Å². The van der Waals surface area contributed by atoms with Crippen molar-refractivity contribution >= 4 is 11.8 Å². The predicted octanol–water partition coefficient (Wildman–Crippen LogP) is 4.42. The number of likely N-dealkylation sites (tertiary alicyclic amines) is 2. The minimum atomic E-state index is -1.17. The lowest BCUT2D eigenvalue weighted by Crippen LogP contribution is -2.43. The van der Waals surface area contributed by atoms with E-state index in [1.54, 1.807) is 19.9 Å². The largest absolute Gasteiger partial charge is 0.493 e. The number of hydrogen-bond donors (Lipinski definition) is 1. The van der Waals surface area contributed by atoms with Crippen LogP contribution in [-0.2, 0) is 4.79 Å². The minimum absolute atomic E-state index is 0.0621. The number of halogens is 2. The molecule has 194 valence electrons. The molecule has 0 radical (unpaired) electrons. The fourth-order valence-electron chi connectivity index (χ4n) is 5.13. The standard InChI is InChI=1S/C28H35F2N3O3/c1-28(2,30)18-32-14-11-19(12-15-32)17-36-22-8-5-20(6-9-22)21-7-10-23(24(29)16-21)27(35)33-13-3-4-25(33)26(31)34/h5-10,16,19,25H,3-4,11-15,17-18H2,1-2H3,(H2,31,34). The molecule has 2 N–H and O–H groups in total. The highest BCUT2D eigenvalue weighted by molar-refractivity contribution is 5.98. The number of amides is 2. The third-order valence-electron chi connectivity index (χ3n) is 7.02. The lowest BCUT2D eigenvalue weighted by Gasteiger charge is -2.34. The van der Waals surface area contributed by atoms with E-state index in [-0.39, 0.29) is 5.56 Å². The Morgan fingerprint density at radius 1 is 1.03 bits per heavy atom. The molecule has 36 heavy (non-hydrogen) atoms. The normalized spacial score (nSPS) is 19.4. The fraction of sp³-hybridized carbons (Fsp3) is 0.500. The third-order valence-corrected chi connectivity index (χ3v) is 7.02. The van der Waals surface area contributed by atoms with Crippen LogP contribution in [0.5, 0.6) is 5.75 Å². The van der Waals surface area contributed by atoms with Crippen molar-refractivity contribution < 1.29 is 23.1 Å². The topological polar surface area (TPSA) is 75.9 Å². The molecule has 2 fully saturated rings. The van der Waals surface area contributed by atoms with E-state index in [4.69, 9.17) is 10.5 Å². The molecule has 1 unspecified atom stereocenters. The summed E-state index contributed by atoms with van der Waals surface area (Å²) in [6.07, 6.45) is 3.14. The van der Waals surface area contributed by atoms with Crippen molar-refractivity contribution in [3.8, 4) is 16.9 Å². The highest BCUT2D eigenvalue weighted by Gasteiger charge is 2.34. The first-order chi connectivity index (χ1) is 17.1. The Balaban J connectivity index is 1.32. The molecule has 2 aromatic carbocycles. The number of carbonyl (C=O) groups is 2. The maximum Gasteiger partial charge on any atom is 0.257 e. The second kappa shape index (κ2) is 10.9. The number of hydrogen-bond acceptors (Lipinski definition) is 4. The number of nitrogens with two attached hydrogens (primary N) is 1. The third kappa shape index (κ3) is 6.40. The number of nitrogens with zero attached hydrogens (tertiary/aromatic N) is 2. The van der Waals surface area contributed by atoms with Crippen molar-refractivity contribution in [1.29, 1.82) is 0 Å². The second-order valence-corrected chi connectivity index (χ2v) is 10.5. The minimum Gasteiger partial charge on any atom is -0.493 e. The van der Waals surface area contributed by atoms with Crippen molar-refractivity contribution in [2.45, 2.75) is 51.2 Å². The monoisotopic (exact) mass is 499 g/mol. The van der Waals surface area contributed by atoms with E-state index in [9.17, 15) is 18.4 Å². The van der Waals surface area contributed by atoms with Crippen molar-refractivity contribution in [3.63, 3.8) is 0 Å². The van der Waals surface area contributed by atoms with E-state index in [1.807, 2.05) is 24.3 Å². The predicted molar refractivity (Wildman–Crippen MR) is 135 cm³/mol. The van der Waals surface area contributed by atoms with Gasteiger partial charge in [-0.25, -0.2) is 8.78 Å². The van der Waals surface area contributed by atoms with Crippen molar-refractivity contribution in [3.05, 3.63) is 53.8 Å². The fourth-order valence-corrected chi connectivity index (χ4v) is 5.13. The molecule has 1 atom stereocenters. The molecule has 8 heteroatoms. The zero-order valence-electron chi connectivity index (χ0n) is 21.0. The quantitative estimate of drug-likeness (QED) is 0.583. The smallest absolute Gasteiger partial charge is 0.257 e. The Bertz CT molecular complexity index is 1080. The van der Waals surface area contributed by atoms with Crippen LogP contribution in [0, 0.1) is 11.7 Å². The Morgan fingerprint density at radius 2 is 1.69 bits per heavy atom. The summed E-state index contributed by atoms with van der Waals surface area (Å²) in [6, 6.07) is 11.3. The average molecular weight is 500 g/mol. The van der Waals surface area contributed by atoms with Gasteiger partial charge in [0.25, 0.3) is 5.91 Å². The van der Waals surface area contributed by atoms with Gasteiger partial charge in [-0.15, -0.1) is 0 Å². The highest BCUT2D eigenvalue weighted by Crippen LogP contribution is 2.28. The zero-order valence-corrected chi connectivity index (χ0v) is 21.0. The first-order valence-electron chi connectivity index (χ1n) is 12.6. The number of ether oxygens (including phenoxy) is 1. The van der Waals surface area contributed by atoms with Crippen molar-refractivity contribution in [2.24, 2.45) is 11.7 Å². The van der Waals surface area contributed by atoms with Gasteiger partial charge in [-0.1, -0.05) is 18.2 Å². The second-order valence-electron chi connectivity index (χ2n) is 10.5. The molecular weight excluding hydrogens is 464 g/mol. The van der Waals surface area contributed by atoms with Gasteiger partial charge in [0.15, 0.2) is 0 Å². The maximum atomic E-state index is 14.9. The van der Waals surface area contributed by atoms with E-state index in [2.05, 4.69) is 4.90 Å². The number of primary amides is 1. The van der Waals surface area contributed by atoms with E-state index >= 15 is 0 Å². The molecule has 0 aromatic heterocycles. The number of rotatable bonds is 8. The van der Waals surface area contributed by atoms with Gasteiger partial charge < -0.3 is 20.3 Å². The first-order valence-corrected chi connectivity index (χ1v) is 12.6. The molecule has 2 aromatic rings. The summed E-state index contributed by atoms with van der Waals surface area (Å²) in [4.78, 5) is 27.9. The molecule has 4 rings (SSSR count). The Morgan fingerprint density at radius 3 is 2.31 bits per heavy atom. The lowest BCUT2D eigenvalue weighted by molar-refractivity contribution is -0.121. The summed E-state index contributed by atoms with van der Waals surface area (Å²) in [5.74, 6) is -0.525. The average Bonchev–Trinajstić information content (AvgIpc) is 3.33. The number of carbonyl (C=O) groups excluding carboxylic acids is 2. The summed E-state index contributed by atoms with van der Waals surface area (Å²) >= 11 is 0. The van der Waals surface area contributed by atoms with Gasteiger partial charge >= 0.3 is 0 Å². The van der Waals surface area contributed by atoms with Crippen LogP contribution in [0.2, 0.25) is 0 Å². The van der Waals surface area contributed by atoms with Crippen LogP contribution in [0.25, 0.3) is 11.1 Å². The van der Waals surface area contributed by atoms with Gasteiger partial charge in [0.05, 0.1) is 12.2 Å². The van der Waals surface area contributed by atoms with Crippen LogP contribution < -0.4 is 10.5 Å². The van der Waals surface area contributed by atoms with Gasteiger partial charge in [0.1, 0.15) is 23.3 Å². The van der Waals surface area contributed by atoms with E-state index in [0.29, 0.717) is 44.0 Å². The zero-order chi connectivity index (χ0) is 25.9. The van der Waals surface area contributed by atoms with E-state index in [0.717, 1.165) is 37.2 Å². The SMILES string of the molecule is CC(C)(F)CN1CCC(COc2ccc(-c3ccc(C(=O)N4CCCC4C(N)=O)c(F)c3)cc2)CC1. The molecular formula is C28H35F2N3O3. The molecule has 2 aliphatic heterocycles. The van der Waals surface area contributed by atoms with Crippen LogP contribution >= 0.6 is 0 Å². The summed E-state index contributed by atoms with van der Waals surface area (Å²) in [5.41, 5.74) is 5.60. The van der Waals surface area contributed by atoms with Crippen LogP contribution in [0.3, 0.4) is 0 Å². The first kappa shape index (κ1) is 26.1. The molecule has 6 nitrogen and oxygen atoms in total. The van der Waals surface area contributed by atoms with Gasteiger partial charge in [0.2, 0.25) is 5.91 Å². The lowest BCUT2D eigenvalue weighted by atomic mass is 9.97. The number of piperidine rings is 1. The van der Waals surface area contributed by atoms with E-state index < -0.39 is 29.3 Å². The summed E-state index contributed by atoms with van der Waals surface area (Å²) < 4.78 is 34.7.